The first kappa shape index (κ1) is 17.8. The van der Waals surface area contributed by atoms with Crippen LogP contribution in [0.15, 0.2) is 6.20 Å². The molecule has 1 saturated carbocycles. The summed E-state index contributed by atoms with van der Waals surface area (Å²) in [6.07, 6.45) is 6.39. The van der Waals surface area contributed by atoms with Crippen LogP contribution >= 0.6 is 0 Å². The second-order valence-corrected chi connectivity index (χ2v) is 7.43. The SMILES string of the molecule is CCC1CCC(NCc2cnn(C)c2NC(=O)OC(C)(C)C)C1. The van der Waals surface area contributed by atoms with E-state index in [0.717, 1.165) is 11.5 Å². The minimum atomic E-state index is -0.514. The van der Waals surface area contributed by atoms with Gasteiger partial charge in [-0.05, 0) is 46.0 Å². The maximum atomic E-state index is 12.0. The van der Waals surface area contributed by atoms with Crippen LogP contribution in [0.1, 0.15) is 58.9 Å². The van der Waals surface area contributed by atoms with Crippen LogP contribution in [0.3, 0.4) is 0 Å². The van der Waals surface area contributed by atoms with E-state index >= 15 is 0 Å². The molecule has 1 heterocycles. The molecule has 0 bridgehead atoms. The summed E-state index contributed by atoms with van der Waals surface area (Å²) < 4.78 is 6.99. The molecule has 1 amide bonds. The molecular weight excluding hydrogens is 292 g/mol. The fourth-order valence-corrected chi connectivity index (χ4v) is 3.06. The van der Waals surface area contributed by atoms with Crippen LogP contribution in [0.25, 0.3) is 0 Å². The van der Waals surface area contributed by atoms with Gasteiger partial charge in [0.15, 0.2) is 0 Å². The summed E-state index contributed by atoms with van der Waals surface area (Å²) in [7, 11) is 1.82. The molecule has 0 radical (unpaired) electrons. The Labute approximate surface area is 139 Å². The minimum Gasteiger partial charge on any atom is -0.444 e. The predicted molar refractivity (Wildman–Crippen MR) is 91.3 cm³/mol. The van der Waals surface area contributed by atoms with E-state index in [2.05, 4.69) is 22.7 Å². The predicted octanol–water partition coefficient (Wildman–Crippen LogP) is 3.44. The van der Waals surface area contributed by atoms with Gasteiger partial charge in [0.25, 0.3) is 0 Å². The molecule has 2 N–H and O–H groups in total. The molecule has 23 heavy (non-hydrogen) atoms. The summed E-state index contributed by atoms with van der Waals surface area (Å²) in [5.41, 5.74) is 0.471. The van der Waals surface area contributed by atoms with E-state index < -0.39 is 11.7 Å². The molecule has 2 rings (SSSR count). The third-order valence-corrected chi connectivity index (χ3v) is 4.33. The number of rotatable bonds is 5. The lowest BCUT2D eigenvalue weighted by molar-refractivity contribution is 0.0634. The molecule has 6 nitrogen and oxygen atoms in total. The van der Waals surface area contributed by atoms with Gasteiger partial charge < -0.3 is 10.1 Å². The summed E-state index contributed by atoms with van der Waals surface area (Å²) in [6, 6.07) is 0.564. The number of nitrogens with zero attached hydrogens (tertiary/aromatic N) is 2. The molecule has 1 aliphatic carbocycles. The van der Waals surface area contributed by atoms with Gasteiger partial charge in [0.1, 0.15) is 11.4 Å². The first-order chi connectivity index (χ1) is 10.8. The van der Waals surface area contributed by atoms with E-state index in [4.69, 9.17) is 4.74 Å². The van der Waals surface area contributed by atoms with Gasteiger partial charge in [0, 0.05) is 25.2 Å². The van der Waals surface area contributed by atoms with Crippen molar-refractivity contribution in [3.05, 3.63) is 11.8 Å². The zero-order valence-electron chi connectivity index (χ0n) is 15.0. The summed E-state index contributed by atoms with van der Waals surface area (Å²) in [5.74, 6) is 1.54. The van der Waals surface area contributed by atoms with Gasteiger partial charge in [-0.3, -0.25) is 10.00 Å². The zero-order chi connectivity index (χ0) is 17.0. The fraction of sp³-hybridized carbons (Fsp3) is 0.765. The van der Waals surface area contributed by atoms with Crippen molar-refractivity contribution in [2.75, 3.05) is 5.32 Å². The van der Waals surface area contributed by atoms with Crippen molar-refractivity contribution in [3.8, 4) is 0 Å². The van der Waals surface area contributed by atoms with Gasteiger partial charge in [-0.15, -0.1) is 0 Å². The van der Waals surface area contributed by atoms with Gasteiger partial charge in [-0.25, -0.2) is 4.79 Å². The minimum absolute atomic E-state index is 0.450. The monoisotopic (exact) mass is 322 g/mol. The van der Waals surface area contributed by atoms with E-state index in [9.17, 15) is 4.79 Å². The Morgan fingerprint density at radius 2 is 2.17 bits per heavy atom. The number of anilines is 1. The summed E-state index contributed by atoms with van der Waals surface area (Å²) in [6.45, 7) is 8.52. The average molecular weight is 322 g/mol. The second-order valence-electron chi connectivity index (χ2n) is 7.43. The van der Waals surface area contributed by atoms with Crippen molar-refractivity contribution in [1.29, 1.82) is 0 Å². The summed E-state index contributed by atoms with van der Waals surface area (Å²) in [5, 5.41) is 10.7. The molecule has 6 heteroatoms. The lowest BCUT2D eigenvalue weighted by atomic mass is 10.1. The number of hydrogen-bond donors (Lipinski definition) is 2. The summed E-state index contributed by atoms with van der Waals surface area (Å²) in [4.78, 5) is 12.0. The Kier molecular flexibility index (Phi) is 5.68. The standard InChI is InChI=1S/C17H30N4O2/c1-6-12-7-8-14(9-12)18-10-13-11-19-21(5)15(13)20-16(22)23-17(2,3)4/h11-12,14,18H,6-10H2,1-5H3,(H,20,22). The lowest BCUT2D eigenvalue weighted by Crippen LogP contribution is -2.29. The van der Waals surface area contributed by atoms with Gasteiger partial charge in [-0.2, -0.15) is 5.10 Å². The Hall–Kier alpha value is -1.56. The van der Waals surface area contributed by atoms with Crippen molar-refractivity contribution in [3.63, 3.8) is 0 Å². The van der Waals surface area contributed by atoms with Crippen LogP contribution in [-0.2, 0) is 18.3 Å². The molecule has 0 saturated heterocycles. The maximum Gasteiger partial charge on any atom is 0.413 e. The number of carbonyl (C=O) groups is 1. The number of carbonyl (C=O) groups excluding carboxylic acids is 1. The topological polar surface area (TPSA) is 68.2 Å². The van der Waals surface area contributed by atoms with E-state index in [0.29, 0.717) is 18.4 Å². The zero-order valence-corrected chi connectivity index (χ0v) is 15.0. The lowest BCUT2D eigenvalue weighted by Gasteiger charge is -2.20. The highest BCUT2D eigenvalue weighted by molar-refractivity contribution is 5.84. The first-order valence-electron chi connectivity index (χ1n) is 8.52. The number of aryl methyl sites for hydroxylation is 1. The molecule has 2 atom stereocenters. The third-order valence-electron chi connectivity index (χ3n) is 4.33. The first-order valence-corrected chi connectivity index (χ1v) is 8.52. The number of hydrogen-bond acceptors (Lipinski definition) is 4. The van der Waals surface area contributed by atoms with Crippen molar-refractivity contribution < 1.29 is 9.53 Å². The molecule has 0 aromatic carbocycles. The van der Waals surface area contributed by atoms with E-state index in [1.54, 1.807) is 10.9 Å². The van der Waals surface area contributed by atoms with Gasteiger partial charge in [0.2, 0.25) is 0 Å². The highest BCUT2D eigenvalue weighted by Crippen LogP contribution is 2.28. The van der Waals surface area contributed by atoms with Crippen LogP contribution in [0.5, 0.6) is 0 Å². The summed E-state index contributed by atoms with van der Waals surface area (Å²) >= 11 is 0. The van der Waals surface area contributed by atoms with Gasteiger partial charge in [0.05, 0.1) is 6.20 Å². The Morgan fingerprint density at radius 1 is 1.43 bits per heavy atom. The third kappa shape index (κ3) is 5.23. The quantitative estimate of drug-likeness (QED) is 0.871. The molecule has 1 fully saturated rings. The molecule has 130 valence electrons. The Balaban J connectivity index is 1.92. The normalized spacial score (nSPS) is 21.4. The van der Waals surface area contributed by atoms with Crippen LogP contribution in [0.2, 0.25) is 0 Å². The molecule has 1 aromatic heterocycles. The van der Waals surface area contributed by atoms with Crippen LogP contribution in [-0.4, -0.2) is 27.5 Å². The number of aromatic nitrogens is 2. The fourth-order valence-electron chi connectivity index (χ4n) is 3.06. The van der Waals surface area contributed by atoms with E-state index in [1.165, 1.54) is 25.7 Å². The van der Waals surface area contributed by atoms with Gasteiger partial charge >= 0.3 is 6.09 Å². The second kappa shape index (κ2) is 7.34. The van der Waals surface area contributed by atoms with Crippen molar-refractivity contribution in [2.45, 2.75) is 71.6 Å². The van der Waals surface area contributed by atoms with Gasteiger partial charge in [-0.1, -0.05) is 13.3 Å². The Bertz CT molecular complexity index is 533. The maximum absolute atomic E-state index is 12.0. The molecule has 1 aromatic rings. The van der Waals surface area contributed by atoms with E-state index in [1.807, 2.05) is 27.8 Å². The molecule has 1 aliphatic rings. The average Bonchev–Trinajstić information content (AvgIpc) is 3.03. The molecule has 2 unspecified atom stereocenters. The Morgan fingerprint density at radius 3 is 2.78 bits per heavy atom. The number of ether oxygens (including phenoxy) is 1. The number of nitrogens with one attached hydrogen (secondary N) is 2. The van der Waals surface area contributed by atoms with Crippen LogP contribution < -0.4 is 10.6 Å². The van der Waals surface area contributed by atoms with Crippen LogP contribution in [0.4, 0.5) is 10.6 Å². The van der Waals surface area contributed by atoms with Crippen molar-refractivity contribution >= 4 is 11.9 Å². The molecular formula is C17H30N4O2. The molecule has 0 spiro atoms. The van der Waals surface area contributed by atoms with Crippen LogP contribution in [0, 0.1) is 5.92 Å². The smallest absolute Gasteiger partial charge is 0.413 e. The van der Waals surface area contributed by atoms with E-state index in [-0.39, 0.29) is 0 Å². The number of amides is 1. The largest absolute Gasteiger partial charge is 0.444 e. The van der Waals surface area contributed by atoms with Crippen molar-refractivity contribution in [2.24, 2.45) is 13.0 Å². The highest BCUT2D eigenvalue weighted by Gasteiger charge is 2.24. The molecule has 0 aliphatic heterocycles. The highest BCUT2D eigenvalue weighted by atomic mass is 16.6. The van der Waals surface area contributed by atoms with Crippen molar-refractivity contribution in [1.82, 2.24) is 15.1 Å².